The van der Waals surface area contributed by atoms with Crippen LogP contribution < -0.4 is 10.1 Å². The third-order valence-electron chi connectivity index (χ3n) is 4.49. The number of amides is 1. The lowest BCUT2D eigenvalue weighted by Gasteiger charge is -2.10. The number of pyridine rings is 1. The molecule has 0 bridgehead atoms. The van der Waals surface area contributed by atoms with Gasteiger partial charge in [0.05, 0.1) is 31.4 Å². The molecule has 0 spiro atoms. The molecular weight excluding hydrogens is 342 g/mol. The largest absolute Gasteiger partial charge is 0.495 e. The minimum absolute atomic E-state index is 0.123. The Bertz CT molecular complexity index is 1140. The van der Waals surface area contributed by atoms with Crippen LogP contribution in [0.15, 0.2) is 55.1 Å². The van der Waals surface area contributed by atoms with E-state index in [2.05, 4.69) is 15.4 Å². The lowest BCUT2D eigenvalue weighted by Crippen LogP contribution is -2.17. The zero-order chi connectivity index (χ0) is 19.0. The van der Waals surface area contributed by atoms with E-state index in [0.29, 0.717) is 5.56 Å². The van der Waals surface area contributed by atoms with Crippen LogP contribution in [-0.2, 0) is 7.05 Å². The molecule has 3 heterocycles. The number of hydrogen-bond acceptors (Lipinski definition) is 4. The predicted molar refractivity (Wildman–Crippen MR) is 103 cm³/mol. The van der Waals surface area contributed by atoms with E-state index in [1.807, 2.05) is 48.1 Å². The Morgan fingerprint density at radius 3 is 2.70 bits per heavy atom. The van der Waals surface area contributed by atoms with Crippen LogP contribution in [-0.4, -0.2) is 39.2 Å². The molecular formula is C20H19N5O2. The normalized spacial score (nSPS) is 10.9. The van der Waals surface area contributed by atoms with Crippen LogP contribution in [0.4, 0.5) is 0 Å². The summed E-state index contributed by atoms with van der Waals surface area (Å²) in [5, 5.41) is 6.88. The van der Waals surface area contributed by atoms with Gasteiger partial charge in [0.2, 0.25) is 0 Å². The fourth-order valence-corrected chi connectivity index (χ4v) is 3.13. The first-order chi connectivity index (χ1) is 13.1. The summed E-state index contributed by atoms with van der Waals surface area (Å²) in [5.41, 5.74) is 5.06. The highest BCUT2D eigenvalue weighted by molar-refractivity contribution is 5.95. The first kappa shape index (κ1) is 16.8. The molecule has 1 aromatic carbocycles. The van der Waals surface area contributed by atoms with Gasteiger partial charge < -0.3 is 10.1 Å². The van der Waals surface area contributed by atoms with Crippen LogP contribution in [0, 0.1) is 0 Å². The quantitative estimate of drug-likeness (QED) is 0.607. The Kier molecular flexibility index (Phi) is 4.12. The molecule has 136 valence electrons. The first-order valence-corrected chi connectivity index (χ1v) is 8.47. The number of fused-ring (bicyclic) bond motifs is 1. The Balaban J connectivity index is 1.86. The molecule has 0 unspecified atom stereocenters. The number of benzene rings is 1. The van der Waals surface area contributed by atoms with Gasteiger partial charge in [-0.15, -0.1) is 0 Å². The highest BCUT2D eigenvalue weighted by atomic mass is 16.5. The molecule has 0 radical (unpaired) electrons. The Hall–Kier alpha value is -3.61. The van der Waals surface area contributed by atoms with Gasteiger partial charge >= 0.3 is 0 Å². The fraction of sp³-hybridized carbons (Fsp3) is 0.150. The third kappa shape index (κ3) is 2.93. The van der Waals surface area contributed by atoms with E-state index in [1.165, 1.54) is 0 Å². The van der Waals surface area contributed by atoms with Crippen molar-refractivity contribution in [1.29, 1.82) is 0 Å². The molecule has 1 N–H and O–H groups in total. The number of ether oxygens (including phenoxy) is 1. The molecule has 0 aliphatic carbocycles. The van der Waals surface area contributed by atoms with Crippen molar-refractivity contribution in [3.05, 3.63) is 60.7 Å². The Labute approximate surface area is 156 Å². The Morgan fingerprint density at radius 1 is 1.15 bits per heavy atom. The van der Waals surface area contributed by atoms with Crippen molar-refractivity contribution in [2.75, 3.05) is 14.2 Å². The third-order valence-corrected chi connectivity index (χ3v) is 4.49. The molecule has 3 aromatic heterocycles. The van der Waals surface area contributed by atoms with Crippen molar-refractivity contribution in [2.24, 2.45) is 7.05 Å². The van der Waals surface area contributed by atoms with E-state index < -0.39 is 0 Å². The lowest BCUT2D eigenvalue weighted by molar-refractivity contribution is 0.0963. The number of methoxy groups -OCH3 is 1. The van der Waals surface area contributed by atoms with Crippen LogP contribution in [0.25, 0.3) is 28.0 Å². The average molecular weight is 361 g/mol. The first-order valence-electron chi connectivity index (χ1n) is 8.47. The summed E-state index contributed by atoms with van der Waals surface area (Å²) in [6.07, 6.45) is 7.44. The summed E-state index contributed by atoms with van der Waals surface area (Å²) >= 11 is 0. The molecule has 0 saturated carbocycles. The minimum Gasteiger partial charge on any atom is -0.495 e. The maximum atomic E-state index is 11.9. The van der Waals surface area contributed by atoms with Crippen molar-refractivity contribution in [3.8, 4) is 28.1 Å². The molecule has 1 amide bonds. The smallest absolute Gasteiger partial charge is 0.251 e. The van der Waals surface area contributed by atoms with E-state index in [0.717, 1.165) is 33.8 Å². The summed E-state index contributed by atoms with van der Waals surface area (Å²) < 4.78 is 9.32. The van der Waals surface area contributed by atoms with E-state index in [1.54, 1.807) is 37.3 Å². The van der Waals surface area contributed by atoms with Crippen LogP contribution in [0.2, 0.25) is 0 Å². The molecule has 4 aromatic rings. The highest BCUT2D eigenvalue weighted by Gasteiger charge is 2.14. The summed E-state index contributed by atoms with van der Waals surface area (Å²) in [5.74, 6) is 0.597. The van der Waals surface area contributed by atoms with Gasteiger partial charge in [-0.25, -0.2) is 4.98 Å². The van der Waals surface area contributed by atoms with Crippen molar-refractivity contribution < 1.29 is 9.53 Å². The zero-order valence-corrected chi connectivity index (χ0v) is 15.3. The number of rotatable bonds is 4. The monoisotopic (exact) mass is 361 g/mol. The van der Waals surface area contributed by atoms with Crippen molar-refractivity contribution >= 4 is 11.6 Å². The zero-order valence-electron chi connectivity index (χ0n) is 15.3. The molecule has 0 aliphatic rings. The summed E-state index contributed by atoms with van der Waals surface area (Å²) in [4.78, 5) is 16.5. The molecule has 0 aliphatic heterocycles. The second kappa shape index (κ2) is 6.60. The maximum Gasteiger partial charge on any atom is 0.251 e. The number of nitrogens with one attached hydrogen (secondary N) is 1. The van der Waals surface area contributed by atoms with E-state index in [9.17, 15) is 4.79 Å². The van der Waals surface area contributed by atoms with Crippen molar-refractivity contribution in [1.82, 2.24) is 24.5 Å². The SMILES string of the molecule is CNC(=O)c1cccc(-c2cnc3cc(-c4cnn(C)c4)c(OC)cn23)c1. The van der Waals surface area contributed by atoms with Crippen molar-refractivity contribution in [2.45, 2.75) is 0 Å². The van der Waals surface area contributed by atoms with Gasteiger partial charge in [0.15, 0.2) is 0 Å². The van der Waals surface area contributed by atoms with Gasteiger partial charge in [-0.1, -0.05) is 12.1 Å². The van der Waals surface area contributed by atoms with E-state index in [4.69, 9.17) is 4.74 Å². The molecule has 0 fully saturated rings. The second-order valence-electron chi connectivity index (χ2n) is 6.19. The van der Waals surface area contributed by atoms with Gasteiger partial charge in [-0.05, 0) is 18.2 Å². The lowest BCUT2D eigenvalue weighted by atomic mass is 10.1. The summed E-state index contributed by atoms with van der Waals surface area (Å²) in [6, 6.07) is 9.43. The molecule has 27 heavy (non-hydrogen) atoms. The van der Waals surface area contributed by atoms with Gasteiger partial charge in [0.1, 0.15) is 11.4 Å². The topological polar surface area (TPSA) is 73.5 Å². The summed E-state index contributed by atoms with van der Waals surface area (Å²) in [7, 11) is 5.14. The fourth-order valence-electron chi connectivity index (χ4n) is 3.13. The van der Waals surface area contributed by atoms with Gasteiger partial charge in [-0.2, -0.15) is 5.10 Å². The molecule has 7 heteroatoms. The van der Waals surface area contributed by atoms with E-state index in [-0.39, 0.29) is 5.91 Å². The average Bonchev–Trinajstić information content (AvgIpc) is 3.32. The number of aromatic nitrogens is 4. The number of imidazole rings is 1. The molecule has 0 atom stereocenters. The highest BCUT2D eigenvalue weighted by Crippen LogP contribution is 2.33. The minimum atomic E-state index is -0.123. The van der Waals surface area contributed by atoms with Crippen LogP contribution in [0.3, 0.4) is 0 Å². The summed E-state index contributed by atoms with van der Waals surface area (Å²) in [6.45, 7) is 0. The van der Waals surface area contributed by atoms with E-state index >= 15 is 0 Å². The van der Waals surface area contributed by atoms with Crippen LogP contribution in [0.1, 0.15) is 10.4 Å². The predicted octanol–water partition coefficient (Wildman–Crippen LogP) is 2.77. The second-order valence-corrected chi connectivity index (χ2v) is 6.19. The molecule has 4 rings (SSSR count). The maximum absolute atomic E-state index is 11.9. The van der Waals surface area contributed by atoms with Gasteiger partial charge in [0.25, 0.3) is 5.91 Å². The number of carbonyl (C=O) groups is 1. The number of carbonyl (C=O) groups excluding carboxylic acids is 1. The van der Waals surface area contributed by atoms with Crippen LogP contribution in [0.5, 0.6) is 5.75 Å². The number of aryl methyl sites for hydroxylation is 1. The van der Waals surface area contributed by atoms with Gasteiger partial charge in [-0.3, -0.25) is 13.9 Å². The molecule has 0 saturated heterocycles. The Morgan fingerprint density at radius 2 is 2.00 bits per heavy atom. The van der Waals surface area contributed by atoms with Crippen molar-refractivity contribution in [3.63, 3.8) is 0 Å². The molecule has 7 nitrogen and oxygen atoms in total. The number of hydrogen-bond donors (Lipinski definition) is 1. The van der Waals surface area contributed by atoms with Gasteiger partial charge in [0, 0.05) is 42.5 Å². The number of nitrogens with zero attached hydrogens (tertiary/aromatic N) is 4. The standard InChI is InChI=1S/C20H19N5O2/c1-21-20(26)14-6-4-5-13(7-14)17-10-22-19-8-16(15-9-23-24(2)11-15)18(27-3)12-25(17)19/h4-12H,1-3H3,(H,21,26). The van der Waals surface area contributed by atoms with Crippen LogP contribution >= 0.6 is 0 Å².